The zero-order valence-corrected chi connectivity index (χ0v) is 36.6. The largest absolute Gasteiger partial charge is 0.324 e. The maximum absolute atomic E-state index is 13.4. The molecule has 0 saturated heterocycles. The number of nitrogens with zero attached hydrogens (tertiary/aromatic N) is 4. The minimum Gasteiger partial charge on any atom is -0.324 e. The van der Waals surface area contributed by atoms with Crippen molar-refractivity contribution in [2.24, 2.45) is 20.5 Å². The summed E-state index contributed by atoms with van der Waals surface area (Å²) in [7, 11) is 0. The van der Waals surface area contributed by atoms with Crippen LogP contribution in [0.25, 0.3) is 0 Å². The molecule has 5 rings (SSSR count). The smallest absolute Gasteiger partial charge is 0.258 e. The number of benzene rings is 5. The summed E-state index contributed by atoms with van der Waals surface area (Å²) in [6.45, 7) is 5.67. The molecular weight excluding hydrogens is 878 g/mol. The second-order valence-electron chi connectivity index (χ2n) is 13.8. The third-order valence-electron chi connectivity index (χ3n) is 8.97. The van der Waals surface area contributed by atoms with E-state index in [0.29, 0.717) is 28.2 Å². The summed E-state index contributed by atoms with van der Waals surface area (Å²) in [5.41, 5.74) is 4.76. The summed E-state index contributed by atoms with van der Waals surface area (Å²) < 4.78 is 0. The zero-order valence-electron chi connectivity index (χ0n) is 33.6. The first-order chi connectivity index (χ1) is 29.6. The lowest BCUT2D eigenvalue weighted by molar-refractivity contribution is -0.127. The van der Waals surface area contributed by atoms with Crippen LogP contribution in [0.3, 0.4) is 0 Å². The summed E-state index contributed by atoms with van der Waals surface area (Å²) in [5.74, 6) is -3.23. The van der Waals surface area contributed by atoms with E-state index in [1.165, 1.54) is 50.2 Å². The second-order valence-corrected chi connectivity index (χ2v) is 15.2. The number of Topliss-reactive ketones (excluding diaryl/α,β-unsaturated/α-hetero) is 2. The SMILES string of the molecule is CC(=O)C(N=Nc1cc(C(=O)Nc2cccc(CCl)c2)ccc1Cl)C(=O)Nc1cc(C)c(NC(=O)C(N=Nc2cc(C(=O)Nc3cccc(CCl)c3)ccc2Cl)C(C)=O)c(C)c1. The molecule has 0 aromatic heterocycles. The van der Waals surface area contributed by atoms with Gasteiger partial charge in [0.05, 0.1) is 10.0 Å². The number of alkyl halides is 2. The van der Waals surface area contributed by atoms with Gasteiger partial charge in [0.2, 0.25) is 12.1 Å². The minimum atomic E-state index is -1.58. The number of amides is 4. The molecular formula is C44H38Cl4N8O6. The maximum atomic E-state index is 13.4. The molecule has 4 N–H and O–H groups in total. The van der Waals surface area contributed by atoms with Crippen molar-refractivity contribution in [1.29, 1.82) is 0 Å². The lowest BCUT2D eigenvalue weighted by atomic mass is 10.1. The third kappa shape index (κ3) is 12.4. The maximum Gasteiger partial charge on any atom is 0.258 e. The fraction of sp³-hybridized carbons (Fsp3) is 0.182. The number of rotatable bonds is 16. The van der Waals surface area contributed by atoms with Gasteiger partial charge >= 0.3 is 0 Å². The number of carbonyl (C=O) groups is 6. The first-order valence-electron chi connectivity index (χ1n) is 18.6. The van der Waals surface area contributed by atoms with Gasteiger partial charge in [-0.15, -0.1) is 23.2 Å². The molecule has 4 amide bonds. The van der Waals surface area contributed by atoms with E-state index in [0.717, 1.165) is 11.1 Å². The Morgan fingerprint density at radius 2 is 0.952 bits per heavy atom. The molecule has 0 aliphatic carbocycles. The summed E-state index contributed by atoms with van der Waals surface area (Å²) in [5, 5.41) is 27.2. The van der Waals surface area contributed by atoms with Crippen molar-refractivity contribution < 1.29 is 28.8 Å². The molecule has 5 aromatic carbocycles. The van der Waals surface area contributed by atoms with E-state index < -0.39 is 47.3 Å². The highest BCUT2D eigenvalue weighted by molar-refractivity contribution is 6.33. The molecule has 62 heavy (non-hydrogen) atoms. The van der Waals surface area contributed by atoms with Gasteiger partial charge in [0.25, 0.3) is 23.6 Å². The van der Waals surface area contributed by atoms with Gasteiger partial charge in [-0.1, -0.05) is 47.5 Å². The number of azo groups is 2. The lowest BCUT2D eigenvalue weighted by Gasteiger charge is -2.17. The Morgan fingerprint density at radius 1 is 0.532 bits per heavy atom. The predicted molar refractivity (Wildman–Crippen MR) is 242 cm³/mol. The Balaban J connectivity index is 1.26. The van der Waals surface area contributed by atoms with E-state index in [1.54, 1.807) is 62.4 Å². The average Bonchev–Trinajstić information content (AvgIpc) is 3.23. The minimum absolute atomic E-state index is 0.0488. The molecule has 0 aliphatic rings. The van der Waals surface area contributed by atoms with Gasteiger partial charge in [0.15, 0.2) is 11.6 Å². The Hall–Kier alpha value is -6.32. The standard InChI is InChI=1S/C44H38Cl4N8O6/c1-23-15-33(51-43(61)39(25(3)57)55-53-36-19-29(11-13-34(36)47)41(59)49-31-9-5-7-27(17-31)21-45)16-24(2)38(23)52-44(62)40(26(4)58)56-54-37-20-30(12-14-35(37)48)42(60)50-32-10-6-8-28(18-32)22-46/h5-20,39-40H,21-22H2,1-4H3,(H,49,59)(H,50,60)(H,51,61)(H,52,62). The van der Waals surface area contributed by atoms with Crippen LogP contribution in [0, 0.1) is 13.8 Å². The van der Waals surface area contributed by atoms with Crippen molar-refractivity contribution in [3.63, 3.8) is 0 Å². The van der Waals surface area contributed by atoms with E-state index in [1.807, 2.05) is 12.1 Å². The molecule has 2 unspecified atom stereocenters. The van der Waals surface area contributed by atoms with Crippen molar-refractivity contribution in [3.8, 4) is 0 Å². The number of carbonyl (C=O) groups excluding carboxylic acids is 6. The van der Waals surface area contributed by atoms with E-state index in [9.17, 15) is 28.8 Å². The van der Waals surface area contributed by atoms with Gasteiger partial charge in [-0.2, -0.15) is 20.5 Å². The van der Waals surface area contributed by atoms with Crippen LogP contribution in [0.15, 0.2) is 118 Å². The summed E-state index contributed by atoms with van der Waals surface area (Å²) in [4.78, 5) is 78.0. The van der Waals surface area contributed by atoms with Crippen molar-refractivity contribution in [2.45, 2.75) is 51.5 Å². The molecule has 0 spiro atoms. The predicted octanol–water partition coefficient (Wildman–Crippen LogP) is 11.0. The molecule has 0 heterocycles. The molecule has 318 valence electrons. The highest BCUT2D eigenvalue weighted by Crippen LogP contribution is 2.30. The molecule has 5 aromatic rings. The number of halogens is 4. The fourth-order valence-electron chi connectivity index (χ4n) is 5.84. The highest BCUT2D eigenvalue weighted by atomic mass is 35.5. The zero-order chi connectivity index (χ0) is 45.1. The quantitative estimate of drug-likeness (QED) is 0.0431. The van der Waals surface area contributed by atoms with Crippen LogP contribution < -0.4 is 21.3 Å². The summed E-state index contributed by atoms with van der Waals surface area (Å²) in [6, 6.07) is 22.6. The number of nitrogens with one attached hydrogen (secondary N) is 4. The van der Waals surface area contributed by atoms with Gasteiger partial charge < -0.3 is 21.3 Å². The van der Waals surface area contributed by atoms with E-state index >= 15 is 0 Å². The monoisotopic (exact) mass is 914 g/mol. The molecule has 2 atom stereocenters. The Labute approximate surface area is 376 Å². The van der Waals surface area contributed by atoms with Crippen LogP contribution in [0.1, 0.15) is 56.8 Å². The van der Waals surface area contributed by atoms with Gasteiger partial charge in [0, 0.05) is 45.6 Å². The van der Waals surface area contributed by atoms with Crippen LogP contribution in [0.2, 0.25) is 10.0 Å². The average molecular weight is 917 g/mol. The van der Waals surface area contributed by atoms with Crippen molar-refractivity contribution in [3.05, 3.63) is 140 Å². The summed E-state index contributed by atoms with van der Waals surface area (Å²) in [6.07, 6.45) is 0. The van der Waals surface area contributed by atoms with Crippen molar-refractivity contribution in [1.82, 2.24) is 0 Å². The van der Waals surface area contributed by atoms with Gasteiger partial charge in [0.1, 0.15) is 11.4 Å². The number of anilines is 4. The van der Waals surface area contributed by atoms with E-state index in [4.69, 9.17) is 46.4 Å². The molecule has 0 fully saturated rings. The Kier molecular flexibility index (Phi) is 16.2. The Bertz CT molecular complexity index is 2610. The number of hydrogen-bond donors (Lipinski definition) is 4. The van der Waals surface area contributed by atoms with Crippen LogP contribution in [-0.4, -0.2) is 47.3 Å². The van der Waals surface area contributed by atoms with Crippen molar-refractivity contribution >= 4 is 116 Å². The first-order valence-corrected chi connectivity index (χ1v) is 20.5. The first kappa shape index (κ1) is 46.7. The second kappa shape index (κ2) is 21.5. The van der Waals surface area contributed by atoms with Gasteiger partial charge in [-0.25, -0.2) is 0 Å². The molecule has 14 nitrogen and oxygen atoms in total. The molecule has 18 heteroatoms. The van der Waals surface area contributed by atoms with Crippen LogP contribution in [0.4, 0.5) is 34.1 Å². The number of aryl methyl sites for hydroxylation is 2. The molecule has 0 bridgehead atoms. The molecule has 0 radical (unpaired) electrons. The number of hydrogen-bond acceptors (Lipinski definition) is 10. The van der Waals surface area contributed by atoms with Crippen LogP contribution >= 0.6 is 46.4 Å². The normalized spacial score (nSPS) is 12.1. The lowest BCUT2D eigenvalue weighted by Crippen LogP contribution is -2.33. The van der Waals surface area contributed by atoms with Crippen LogP contribution in [0.5, 0.6) is 0 Å². The number of ketones is 2. The fourth-order valence-corrected chi connectivity index (χ4v) is 6.49. The van der Waals surface area contributed by atoms with E-state index in [-0.39, 0.29) is 50.0 Å². The van der Waals surface area contributed by atoms with Crippen LogP contribution in [-0.2, 0) is 30.9 Å². The topological polar surface area (TPSA) is 200 Å². The van der Waals surface area contributed by atoms with Gasteiger partial charge in [-0.3, -0.25) is 28.8 Å². The third-order valence-corrected chi connectivity index (χ3v) is 10.2. The van der Waals surface area contributed by atoms with Crippen molar-refractivity contribution in [2.75, 3.05) is 21.3 Å². The molecule has 0 saturated carbocycles. The van der Waals surface area contributed by atoms with Gasteiger partial charge in [-0.05, 0) is 123 Å². The Morgan fingerprint density at radius 3 is 1.35 bits per heavy atom. The van der Waals surface area contributed by atoms with E-state index in [2.05, 4.69) is 41.7 Å². The highest BCUT2D eigenvalue weighted by Gasteiger charge is 2.26. The molecule has 0 aliphatic heterocycles. The summed E-state index contributed by atoms with van der Waals surface area (Å²) >= 11 is 24.5.